The van der Waals surface area contributed by atoms with E-state index in [4.69, 9.17) is 10.9 Å². The molecule has 1 rings (SSSR count). The van der Waals surface area contributed by atoms with Crippen LogP contribution in [0.2, 0.25) is 0 Å². The molecule has 0 aromatic carbocycles. The van der Waals surface area contributed by atoms with Gasteiger partial charge in [0, 0.05) is 12.6 Å². The molecule has 1 aliphatic carbocycles. The normalized spacial score (nSPS) is 19.3. The van der Waals surface area contributed by atoms with Crippen molar-refractivity contribution in [3.05, 3.63) is 0 Å². The Kier molecular flexibility index (Phi) is 4.88. The molecule has 88 valence electrons. The highest BCUT2D eigenvalue weighted by atomic mass is 16.4. The molecule has 4 nitrogen and oxygen atoms in total. The van der Waals surface area contributed by atoms with Crippen molar-refractivity contribution in [3.8, 4) is 0 Å². The highest BCUT2D eigenvalue weighted by Crippen LogP contribution is 2.25. The Balaban J connectivity index is 2.42. The lowest BCUT2D eigenvalue weighted by Crippen LogP contribution is -2.41. The SMILES string of the molecule is CC(C)N(CC(N)=NO)CC1CCCC1. The quantitative estimate of drug-likeness (QED) is 0.316. The summed E-state index contributed by atoms with van der Waals surface area (Å²) in [4.78, 5) is 2.28. The minimum absolute atomic E-state index is 0.307. The van der Waals surface area contributed by atoms with Crippen molar-refractivity contribution in [2.45, 2.75) is 45.6 Å². The van der Waals surface area contributed by atoms with Gasteiger partial charge in [-0.05, 0) is 32.6 Å². The van der Waals surface area contributed by atoms with Gasteiger partial charge in [-0.2, -0.15) is 0 Å². The lowest BCUT2D eigenvalue weighted by molar-refractivity contribution is 0.210. The monoisotopic (exact) mass is 213 g/mol. The van der Waals surface area contributed by atoms with Crippen molar-refractivity contribution >= 4 is 5.84 Å². The fourth-order valence-electron chi connectivity index (χ4n) is 2.22. The summed E-state index contributed by atoms with van der Waals surface area (Å²) in [5.74, 6) is 1.11. The van der Waals surface area contributed by atoms with Crippen LogP contribution in [-0.2, 0) is 0 Å². The first kappa shape index (κ1) is 12.3. The summed E-state index contributed by atoms with van der Waals surface area (Å²) < 4.78 is 0. The maximum atomic E-state index is 8.56. The Morgan fingerprint density at radius 2 is 2.07 bits per heavy atom. The van der Waals surface area contributed by atoms with Crippen molar-refractivity contribution in [1.82, 2.24) is 4.90 Å². The second-order valence-corrected chi connectivity index (χ2v) is 4.77. The van der Waals surface area contributed by atoms with E-state index in [1.807, 2.05) is 0 Å². The Hall–Kier alpha value is -0.770. The molecule has 0 bridgehead atoms. The van der Waals surface area contributed by atoms with Gasteiger partial charge in [0.15, 0.2) is 5.84 Å². The van der Waals surface area contributed by atoms with Crippen LogP contribution in [0.15, 0.2) is 5.16 Å². The van der Waals surface area contributed by atoms with E-state index in [1.54, 1.807) is 0 Å². The van der Waals surface area contributed by atoms with Crippen LogP contribution < -0.4 is 5.73 Å². The van der Waals surface area contributed by atoms with Gasteiger partial charge in [0.25, 0.3) is 0 Å². The molecule has 0 aliphatic heterocycles. The fraction of sp³-hybridized carbons (Fsp3) is 0.909. The molecule has 0 heterocycles. The largest absolute Gasteiger partial charge is 0.409 e. The number of nitrogens with two attached hydrogens (primary N) is 1. The summed E-state index contributed by atoms with van der Waals surface area (Å²) in [6.07, 6.45) is 5.39. The van der Waals surface area contributed by atoms with Crippen molar-refractivity contribution in [2.75, 3.05) is 13.1 Å². The highest BCUT2D eigenvalue weighted by molar-refractivity contribution is 5.81. The number of nitrogens with zero attached hydrogens (tertiary/aromatic N) is 2. The molecule has 0 amide bonds. The first-order valence-electron chi connectivity index (χ1n) is 5.84. The molecule has 3 N–H and O–H groups in total. The van der Waals surface area contributed by atoms with Crippen LogP contribution in [0.4, 0.5) is 0 Å². The topological polar surface area (TPSA) is 61.8 Å². The highest BCUT2D eigenvalue weighted by Gasteiger charge is 2.20. The summed E-state index contributed by atoms with van der Waals surface area (Å²) in [5, 5.41) is 11.6. The third-order valence-corrected chi connectivity index (χ3v) is 3.19. The van der Waals surface area contributed by atoms with Crippen LogP contribution in [0.3, 0.4) is 0 Å². The zero-order chi connectivity index (χ0) is 11.3. The van der Waals surface area contributed by atoms with E-state index in [0.717, 1.165) is 12.5 Å². The molecule has 1 saturated carbocycles. The van der Waals surface area contributed by atoms with Crippen LogP contribution in [0.5, 0.6) is 0 Å². The lowest BCUT2D eigenvalue weighted by Gasteiger charge is -2.28. The van der Waals surface area contributed by atoms with Crippen molar-refractivity contribution in [3.63, 3.8) is 0 Å². The van der Waals surface area contributed by atoms with E-state index >= 15 is 0 Å². The van der Waals surface area contributed by atoms with E-state index in [0.29, 0.717) is 18.4 Å². The van der Waals surface area contributed by atoms with Crippen LogP contribution in [0, 0.1) is 5.92 Å². The molecule has 0 radical (unpaired) electrons. The molecular weight excluding hydrogens is 190 g/mol. The molecule has 4 heteroatoms. The summed E-state index contributed by atoms with van der Waals surface area (Å²) >= 11 is 0. The van der Waals surface area contributed by atoms with Gasteiger partial charge in [0.05, 0.1) is 6.54 Å². The second-order valence-electron chi connectivity index (χ2n) is 4.77. The molecule has 0 unspecified atom stereocenters. The molecule has 0 aromatic heterocycles. The summed E-state index contributed by atoms with van der Waals surface area (Å²) in [5.41, 5.74) is 5.54. The zero-order valence-corrected chi connectivity index (χ0v) is 9.82. The lowest BCUT2D eigenvalue weighted by atomic mass is 10.1. The Morgan fingerprint density at radius 1 is 1.47 bits per heavy atom. The minimum Gasteiger partial charge on any atom is -0.409 e. The minimum atomic E-state index is 0.307. The fourth-order valence-corrected chi connectivity index (χ4v) is 2.22. The molecule has 0 spiro atoms. The number of rotatable bonds is 5. The summed E-state index contributed by atoms with van der Waals surface area (Å²) in [6, 6.07) is 0.450. The van der Waals surface area contributed by atoms with E-state index in [1.165, 1.54) is 25.7 Å². The van der Waals surface area contributed by atoms with Crippen LogP contribution in [0.25, 0.3) is 0 Å². The van der Waals surface area contributed by atoms with Crippen molar-refractivity contribution < 1.29 is 5.21 Å². The van der Waals surface area contributed by atoms with Gasteiger partial charge in [-0.1, -0.05) is 18.0 Å². The van der Waals surface area contributed by atoms with Gasteiger partial charge in [-0.25, -0.2) is 0 Å². The number of hydrogen-bond acceptors (Lipinski definition) is 3. The third kappa shape index (κ3) is 4.08. The zero-order valence-electron chi connectivity index (χ0n) is 9.82. The van der Waals surface area contributed by atoms with E-state index in [2.05, 4.69) is 23.9 Å². The molecule has 1 fully saturated rings. The third-order valence-electron chi connectivity index (χ3n) is 3.19. The number of oxime groups is 1. The van der Waals surface area contributed by atoms with Crippen molar-refractivity contribution in [1.29, 1.82) is 0 Å². The number of amidine groups is 1. The van der Waals surface area contributed by atoms with Gasteiger partial charge in [-0.3, -0.25) is 4.90 Å². The summed E-state index contributed by atoms with van der Waals surface area (Å²) in [7, 11) is 0. The maximum absolute atomic E-state index is 8.56. The first-order chi connectivity index (χ1) is 7.13. The predicted molar refractivity (Wildman–Crippen MR) is 62.1 cm³/mol. The average Bonchev–Trinajstić information content (AvgIpc) is 2.69. The van der Waals surface area contributed by atoms with Gasteiger partial charge >= 0.3 is 0 Å². The van der Waals surface area contributed by atoms with Crippen molar-refractivity contribution in [2.24, 2.45) is 16.8 Å². The van der Waals surface area contributed by atoms with Crippen LogP contribution >= 0.6 is 0 Å². The molecular formula is C11H23N3O. The van der Waals surface area contributed by atoms with Gasteiger partial charge in [0.1, 0.15) is 0 Å². The first-order valence-corrected chi connectivity index (χ1v) is 5.84. The predicted octanol–water partition coefficient (Wildman–Crippen LogP) is 1.63. The Bertz CT molecular complexity index is 210. The van der Waals surface area contributed by atoms with Crippen LogP contribution in [0.1, 0.15) is 39.5 Å². The second kappa shape index (κ2) is 5.95. The van der Waals surface area contributed by atoms with Gasteiger partial charge in [0.2, 0.25) is 0 Å². The molecule has 15 heavy (non-hydrogen) atoms. The molecule has 0 saturated heterocycles. The van der Waals surface area contributed by atoms with Gasteiger partial charge in [-0.15, -0.1) is 0 Å². The molecule has 0 aromatic rings. The Morgan fingerprint density at radius 3 is 2.53 bits per heavy atom. The van der Waals surface area contributed by atoms with Crippen LogP contribution in [-0.4, -0.2) is 35.1 Å². The maximum Gasteiger partial charge on any atom is 0.153 e. The van der Waals surface area contributed by atoms with Gasteiger partial charge < -0.3 is 10.9 Å². The number of hydrogen-bond donors (Lipinski definition) is 2. The standard InChI is InChI=1S/C11H23N3O/c1-9(2)14(8-11(12)13-15)7-10-5-3-4-6-10/h9-10,15H,3-8H2,1-2H3,(H2,12,13). The molecule has 1 aliphatic rings. The average molecular weight is 213 g/mol. The summed E-state index contributed by atoms with van der Waals surface area (Å²) in [6.45, 7) is 5.96. The Labute approximate surface area is 92.1 Å². The van der Waals surface area contributed by atoms with E-state index in [9.17, 15) is 0 Å². The van der Waals surface area contributed by atoms with E-state index in [-0.39, 0.29) is 0 Å². The smallest absolute Gasteiger partial charge is 0.153 e. The van der Waals surface area contributed by atoms with E-state index < -0.39 is 0 Å². The molecule has 0 atom stereocenters.